The molecule has 1 N–H and O–H groups in total. The van der Waals surface area contributed by atoms with Crippen molar-refractivity contribution in [2.45, 2.75) is 69.9 Å². The second kappa shape index (κ2) is 7.42. The highest BCUT2D eigenvalue weighted by atomic mass is 16.5. The van der Waals surface area contributed by atoms with Crippen molar-refractivity contribution >= 4 is 0 Å². The first-order valence-corrected chi connectivity index (χ1v) is 8.81. The molecule has 0 bridgehead atoms. The van der Waals surface area contributed by atoms with Crippen LogP contribution < -0.4 is 5.32 Å². The summed E-state index contributed by atoms with van der Waals surface area (Å²) in [6.45, 7) is 4.27. The Morgan fingerprint density at radius 3 is 2.52 bits per heavy atom. The maximum Gasteiger partial charge on any atom is 0.0594 e. The molecule has 1 aliphatic heterocycles. The average Bonchev–Trinajstić information content (AvgIpc) is 2.95. The smallest absolute Gasteiger partial charge is 0.0594 e. The minimum Gasteiger partial charge on any atom is -0.378 e. The number of ether oxygens (including phenoxy) is 1. The van der Waals surface area contributed by atoms with Gasteiger partial charge in [-0.05, 0) is 62.1 Å². The van der Waals surface area contributed by atoms with E-state index in [1.54, 1.807) is 0 Å². The Balaban J connectivity index is 1.65. The maximum atomic E-state index is 5.83. The van der Waals surface area contributed by atoms with Gasteiger partial charge in [-0.1, -0.05) is 37.6 Å². The van der Waals surface area contributed by atoms with Gasteiger partial charge in [-0.15, -0.1) is 0 Å². The van der Waals surface area contributed by atoms with Gasteiger partial charge in [0.2, 0.25) is 0 Å². The van der Waals surface area contributed by atoms with E-state index in [1.807, 2.05) is 0 Å². The van der Waals surface area contributed by atoms with Crippen LogP contribution in [0.3, 0.4) is 0 Å². The van der Waals surface area contributed by atoms with E-state index in [4.69, 9.17) is 4.74 Å². The van der Waals surface area contributed by atoms with Crippen LogP contribution in [0.1, 0.15) is 75.0 Å². The number of hydrogen-bond acceptors (Lipinski definition) is 2. The Morgan fingerprint density at radius 2 is 1.95 bits per heavy atom. The summed E-state index contributed by atoms with van der Waals surface area (Å²) in [6.07, 6.45) is 9.37. The van der Waals surface area contributed by atoms with Crippen molar-refractivity contribution in [1.29, 1.82) is 0 Å². The summed E-state index contributed by atoms with van der Waals surface area (Å²) in [5, 5.41) is 3.71. The summed E-state index contributed by atoms with van der Waals surface area (Å²) in [5.74, 6) is 0.833. The molecule has 0 amide bonds. The van der Waals surface area contributed by atoms with Gasteiger partial charge in [-0.3, -0.25) is 0 Å². The molecule has 2 aliphatic rings. The average molecular weight is 287 g/mol. The quantitative estimate of drug-likeness (QED) is 0.793. The molecule has 1 saturated carbocycles. The SMILES string of the molecule is CCCNC(CC1CCCO1)c1ccc(C2CCC2)cc1. The van der Waals surface area contributed by atoms with Gasteiger partial charge < -0.3 is 10.1 Å². The third kappa shape index (κ3) is 3.87. The van der Waals surface area contributed by atoms with Gasteiger partial charge in [0, 0.05) is 12.6 Å². The zero-order valence-corrected chi connectivity index (χ0v) is 13.3. The van der Waals surface area contributed by atoms with E-state index in [2.05, 4.69) is 36.5 Å². The van der Waals surface area contributed by atoms with Crippen LogP contribution in [-0.4, -0.2) is 19.3 Å². The lowest BCUT2D eigenvalue weighted by Gasteiger charge is -2.27. The molecule has 2 heteroatoms. The molecular weight excluding hydrogens is 258 g/mol. The summed E-state index contributed by atoms with van der Waals surface area (Å²) in [7, 11) is 0. The fraction of sp³-hybridized carbons (Fsp3) is 0.684. The summed E-state index contributed by atoms with van der Waals surface area (Å²) < 4.78 is 5.83. The van der Waals surface area contributed by atoms with Crippen molar-refractivity contribution in [3.63, 3.8) is 0 Å². The fourth-order valence-electron chi connectivity index (χ4n) is 3.49. The molecule has 3 rings (SSSR count). The van der Waals surface area contributed by atoms with Crippen LogP contribution in [0.25, 0.3) is 0 Å². The van der Waals surface area contributed by atoms with Crippen LogP contribution in [0.2, 0.25) is 0 Å². The van der Waals surface area contributed by atoms with Gasteiger partial charge in [0.05, 0.1) is 6.10 Å². The summed E-state index contributed by atoms with van der Waals surface area (Å²) in [5.41, 5.74) is 2.97. The summed E-state index contributed by atoms with van der Waals surface area (Å²) in [6, 6.07) is 9.85. The van der Waals surface area contributed by atoms with Gasteiger partial charge >= 0.3 is 0 Å². The normalized spacial score (nSPS) is 24.0. The van der Waals surface area contributed by atoms with E-state index >= 15 is 0 Å². The Kier molecular flexibility index (Phi) is 5.32. The number of rotatable bonds is 7. The van der Waals surface area contributed by atoms with E-state index in [-0.39, 0.29) is 0 Å². The van der Waals surface area contributed by atoms with Crippen molar-refractivity contribution in [3.8, 4) is 0 Å². The Hall–Kier alpha value is -0.860. The predicted molar refractivity (Wildman–Crippen MR) is 87.7 cm³/mol. The Bertz CT molecular complexity index is 418. The van der Waals surface area contributed by atoms with Crippen molar-refractivity contribution in [1.82, 2.24) is 5.32 Å². The Morgan fingerprint density at radius 1 is 1.14 bits per heavy atom. The van der Waals surface area contributed by atoms with Crippen molar-refractivity contribution in [2.75, 3.05) is 13.2 Å². The second-order valence-corrected chi connectivity index (χ2v) is 6.67. The second-order valence-electron chi connectivity index (χ2n) is 6.67. The van der Waals surface area contributed by atoms with Gasteiger partial charge in [0.15, 0.2) is 0 Å². The molecular formula is C19H29NO. The first-order chi connectivity index (χ1) is 10.4. The molecule has 0 spiro atoms. The fourth-order valence-corrected chi connectivity index (χ4v) is 3.49. The molecule has 2 nitrogen and oxygen atoms in total. The number of hydrogen-bond donors (Lipinski definition) is 1. The maximum absolute atomic E-state index is 5.83. The molecule has 21 heavy (non-hydrogen) atoms. The van der Waals surface area contributed by atoms with Crippen molar-refractivity contribution in [2.24, 2.45) is 0 Å². The minimum absolute atomic E-state index is 0.448. The highest BCUT2D eigenvalue weighted by molar-refractivity contribution is 5.28. The molecule has 2 fully saturated rings. The van der Waals surface area contributed by atoms with E-state index < -0.39 is 0 Å². The molecule has 2 atom stereocenters. The molecule has 1 heterocycles. The molecule has 2 unspecified atom stereocenters. The van der Waals surface area contributed by atoms with E-state index in [9.17, 15) is 0 Å². The molecule has 0 radical (unpaired) electrons. The Labute approximate surface area is 129 Å². The molecule has 1 aliphatic carbocycles. The minimum atomic E-state index is 0.448. The first-order valence-electron chi connectivity index (χ1n) is 8.81. The predicted octanol–water partition coefficient (Wildman–Crippen LogP) is 4.56. The van der Waals surface area contributed by atoms with Crippen LogP contribution in [0.4, 0.5) is 0 Å². The highest BCUT2D eigenvalue weighted by Gasteiger charge is 2.23. The van der Waals surface area contributed by atoms with E-state index in [0.717, 1.165) is 25.5 Å². The molecule has 0 aromatic heterocycles. The van der Waals surface area contributed by atoms with Gasteiger partial charge in [0.25, 0.3) is 0 Å². The van der Waals surface area contributed by atoms with E-state index in [1.165, 1.54) is 49.7 Å². The summed E-state index contributed by atoms with van der Waals surface area (Å²) >= 11 is 0. The first kappa shape index (κ1) is 15.1. The van der Waals surface area contributed by atoms with Crippen LogP contribution in [0.15, 0.2) is 24.3 Å². The zero-order chi connectivity index (χ0) is 14.5. The molecule has 116 valence electrons. The lowest BCUT2D eigenvalue weighted by molar-refractivity contribution is 0.0946. The van der Waals surface area contributed by atoms with Crippen LogP contribution in [0, 0.1) is 0 Å². The number of benzene rings is 1. The van der Waals surface area contributed by atoms with E-state index in [0.29, 0.717) is 12.1 Å². The third-order valence-electron chi connectivity index (χ3n) is 5.08. The lowest BCUT2D eigenvalue weighted by atomic mass is 9.79. The molecule has 1 aromatic rings. The largest absolute Gasteiger partial charge is 0.378 e. The van der Waals surface area contributed by atoms with Gasteiger partial charge in [-0.25, -0.2) is 0 Å². The lowest BCUT2D eigenvalue weighted by Crippen LogP contribution is -2.26. The van der Waals surface area contributed by atoms with Crippen molar-refractivity contribution < 1.29 is 4.74 Å². The van der Waals surface area contributed by atoms with Crippen LogP contribution >= 0.6 is 0 Å². The van der Waals surface area contributed by atoms with Gasteiger partial charge in [0.1, 0.15) is 0 Å². The molecule has 1 saturated heterocycles. The third-order valence-corrected chi connectivity index (χ3v) is 5.08. The van der Waals surface area contributed by atoms with Crippen molar-refractivity contribution in [3.05, 3.63) is 35.4 Å². The number of nitrogens with one attached hydrogen (secondary N) is 1. The summed E-state index contributed by atoms with van der Waals surface area (Å²) in [4.78, 5) is 0. The topological polar surface area (TPSA) is 21.3 Å². The monoisotopic (exact) mass is 287 g/mol. The highest BCUT2D eigenvalue weighted by Crippen LogP contribution is 2.36. The van der Waals surface area contributed by atoms with Crippen LogP contribution in [-0.2, 0) is 4.74 Å². The standard InChI is InChI=1S/C19H29NO/c1-2-12-20-19(14-18-7-4-13-21-18)17-10-8-16(9-11-17)15-5-3-6-15/h8-11,15,18-20H,2-7,12-14H2,1H3. The van der Waals surface area contributed by atoms with Gasteiger partial charge in [-0.2, -0.15) is 0 Å². The zero-order valence-electron chi connectivity index (χ0n) is 13.3. The van der Waals surface area contributed by atoms with Crippen LogP contribution in [0.5, 0.6) is 0 Å². The molecule has 1 aromatic carbocycles.